The van der Waals surface area contributed by atoms with Gasteiger partial charge in [0.25, 0.3) is 5.91 Å². The minimum atomic E-state index is -1.41. The number of aromatic nitrogens is 3. The third-order valence-corrected chi connectivity index (χ3v) is 4.82. The van der Waals surface area contributed by atoms with Gasteiger partial charge in [0, 0.05) is 31.7 Å². The van der Waals surface area contributed by atoms with E-state index in [9.17, 15) is 14.0 Å². The summed E-state index contributed by atoms with van der Waals surface area (Å²) in [5.74, 6) is -0.320. The maximum Gasteiger partial charge on any atom is 0.340 e. The van der Waals surface area contributed by atoms with Crippen LogP contribution in [-0.2, 0) is 15.1 Å². The van der Waals surface area contributed by atoms with E-state index in [0.29, 0.717) is 18.9 Å². The van der Waals surface area contributed by atoms with Gasteiger partial charge in [0.15, 0.2) is 5.60 Å². The minimum absolute atomic E-state index is 0.0709. The van der Waals surface area contributed by atoms with Crippen molar-refractivity contribution >= 4 is 5.91 Å². The lowest BCUT2D eigenvalue weighted by atomic mass is 9.90. The lowest BCUT2D eigenvalue weighted by Crippen LogP contribution is -2.50. The summed E-state index contributed by atoms with van der Waals surface area (Å²) in [4.78, 5) is 28.7. The zero-order valence-corrected chi connectivity index (χ0v) is 14.2. The molecule has 1 saturated heterocycles. The third-order valence-electron chi connectivity index (χ3n) is 4.82. The number of benzene rings is 1. The highest BCUT2D eigenvalue weighted by Gasteiger charge is 2.42. The molecule has 7 nitrogen and oxygen atoms in total. The summed E-state index contributed by atoms with van der Waals surface area (Å²) < 4.78 is 19.7. The first-order valence-electron chi connectivity index (χ1n) is 8.20. The van der Waals surface area contributed by atoms with Crippen LogP contribution in [0.1, 0.15) is 37.1 Å². The molecule has 3 rings (SSSR count). The van der Waals surface area contributed by atoms with Gasteiger partial charge in [-0.1, -0.05) is 18.2 Å². The molecule has 1 fully saturated rings. The summed E-state index contributed by atoms with van der Waals surface area (Å²) in [6.45, 7) is 2.53. The van der Waals surface area contributed by atoms with E-state index in [2.05, 4.69) is 15.2 Å². The van der Waals surface area contributed by atoms with Crippen molar-refractivity contribution in [3.05, 3.63) is 52.0 Å². The summed E-state index contributed by atoms with van der Waals surface area (Å²) in [5, 5.41) is 6.31. The van der Waals surface area contributed by atoms with Gasteiger partial charge in [-0.3, -0.25) is 9.78 Å². The summed E-state index contributed by atoms with van der Waals surface area (Å²) in [7, 11) is 1.40. The molecule has 2 atom stereocenters. The van der Waals surface area contributed by atoms with E-state index in [1.807, 2.05) is 0 Å². The second-order valence-corrected chi connectivity index (χ2v) is 6.37. The van der Waals surface area contributed by atoms with Crippen LogP contribution >= 0.6 is 0 Å². The average molecular weight is 348 g/mol. The average Bonchev–Trinajstić information content (AvgIpc) is 3.07. The molecular formula is C17H21FN4O3. The summed E-state index contributed by atoms with van der Waals surface area (Å²) in [6, 6.07) is 6.12. The molecule has 1 aromatic heterocycles. The Labute approximate surface area is 144 Å². The third kappa shape index (κ3) is 3.21. The SMILES string of the molecule is CO[C@@](C)(C(=O)N1CCC[C@@H](c2n[nH]c(=O)[nH]2)C1)c1ccccc1F. The Hall–Kier alpha value is -2.48. The topological polar surface area (TPSA) is 91.1 Å². The summed E-state index contributed by atoms with van der Waals surface area (Å²) >= 11 is 0. The number of amides is 1. The van der Waals surface area contributed by atoms with Crippen molar-refractivity contribution in [2.75, 3.05) is 20.2 Å². The first kappa shape index (κ1) is 17.3. The summed E-state index contributed by atoms with van der Waals surface area (Å²) in [5.41, 5.74) is -1.57. The molecule has 1 aliphatic rings. The maximum atomic E-state index is 14.2. The molecule has 1 amide bonds. The van der Waals surface area contributed by atoms with Gasteiger partial charge in [-0.2, -0.15) is 5.10 Å². The van der Waals surface area contributed by atoms with Crippen molar-refractivity contribution in [3.8, 4) is 0 Å². The smallest absolute Gasteiger partial charge is 0.340 e. The van der Waals surface area contributed by atoms with E-state index >= 15 is 0 Å². The van der Waals surface area contributed by atoms with Gasteiger partial charge in [-0.25, -0.2) is 14.3 Å². The van der Waals surface area contributed by atoms with Crippen LogP contribution in [0.2, 0.25) is 0 Å². The van der Waals surface area contributed by atoms with E-state index in [1.165, 1.54) is 13.2 Å². The molecule has 0 aliphatic carbocycles. The number of piperidine rings is 1. The van der Waals surface area contributed by atoms with Gasteiger partial charge in [0.05, 0.1) is 0 Å². The number of ether oxygens (including phenoxy) is 1. The second kappa shape index (κ2) is 6.79. The number of carbonyl (C=O) groups is 1. The predicted molar refractivity (Wildman–Crippen MR) is 88.5 cm³/mol. The number of hydrogen-bond acceptors (Lipinski definition) is 4. The molecule has 0 spiro atoms. The Morgan fingerprint density at radius 1 is 1.44 bits per heavy atom. The number of H-pyrrole nitrogens is 2. The lowest BCUT2D eigenvalue weighted by Gasteiger charge is -2.38. The van der Waals surface area contributed by atoms with Crippen LogP contribution in [0.15, 0.2) is 29.1 Å². The van der Waals surface area contributed by atoms with Crippen molar-refractivity contribution in [1.82, 2.24) is 20.1 Å². The number of rotatable bonds is 4. The molecule has 0 radical (unpaired) electrons. The van der Waals surface area contributed by atoms with E-state index in [4.69, 9.17) is 4.74 Å². The maximum absolute atomic E-state index is 14.2. The van der Waals surface area contributed by atoms with Crippen LogP contribution in [0, 0.1) is 5.82 Å². The Morgan fingerprint density at radius 3 is 2.84 bits per heavy atom. The van der Waals surface area contributed by atoms with Crippen molar-refractivity contribution in [2.45, 2.75) is 31.3 Å². The molecule has 0 bridgehead atoms. The quantitative estimate of drug-likeness (QED) is 0.876. The Bertz CT molecular complexity index is 818. The number of nitrogens with zero attached hydrogens (tertiary/aromatic N) is 2. The van der Waals surface area contributed by atoms with Crippen LogP contribution < -0.4 is 5.69 Å². The number of methoxy groups -OCH3 is 1. The number of carbonyl (C=O) groups excluding carboxylic acids is 1. The molecule has 1 aliphatic heterocycles. The van der Waals surface area contributed by atoms with Gasteiger partial charge in [0.2, 0.25) is 0 Å². The molecule has 25 heavy (non-hydrogen) atoms. The lowest BCUT2D eigenvalue weighted by molar-refractivity contribution is -0.156. The van der Waals surface area contributed by atoms with Crippen molar-refractivity contribution in [2.24, 2.45) is 0 Å². The molecule has 2 N–H and O–H groups in total. The zero-order chi connectivity index (χ0) is 18.0. The zero-order valence-electron chi connectivity index (χ0n) is 14.2. The van der Waals surface area contributed by atoms with Gasteiger partial charge in [0.1, 0.15) is 11.6 Å². The molecule has 0 unspecified atom stereocenters. The molecule has 8 heteroatoms. The Kier molecular flexibility index (Phi) is 4.71. The van der Waals surface area contributed by atoms with Crippen LogP contribution in [0.25, 0.3) is 0 Å². The molecule has 2 aromatic rings. The fourth-order valence-corrected chi connectivity index (χ4v) is 3.32. The van der Waals surface area contributed by atoms with Gasteiger partial charge < -0.3 is 9.64 Å². The number of likely N-dealkylation sites (tertiary alicyclic amines) is 1. The number of aromatic amines is 2. The number of halogens is 1. The van der Waals surface area contributed by atoms with E-state index in [0.717, 1.165) is 12.8 Å². The van der Waals surface area contributed by atoms with E-state index < -0.39 is 11.4 Å². The highest BCUT2D eigenvalue weighted by atomic mass is 19.1. The fourth-order valence-electron chi connectivity index (χ4n) is 3.32. The largest absolute Gasteiger partial charge is 0.364 e. The predicted octanol–water partition coefficient (Wildman–Crippen LogP) is 1.50. The first-order valence-corrected chi connectivity index (χ1v) is 8.20. The van der Waals surface area contributed by atoms with E-state index in [-0.39, 0.29) is 23.1 Å². The minimum Gasteiger partial charge on any atom is -0.364 e. The Balaban J connectivity index is 1.85. The number of nitrogens with one attached hydrogen (secondary N) is 2. The summed E-state index contributed by atoms with van der Waals surface area (Å²) in [6.07, 6.45) is 1.58. The molecule has 2 heterocycles. The molecule has 134 valence electrons. The van der Waals surface area contributed by atoms with Gasteiger partial charge in [-0.05, 0) is 25.8 Å². The normalized spacial score (nSPS) is 20.3. The highest BCUT2D eigenvalue weighted by Crippen LogP contribution is 2.32. The second-order valence-electron chi connectivity index (χ2n) is 6.37. The molecule has 1 aromatic carbocycles. The van der Waals surface area contributed by atoms with Crippen LogP contribution in [-0.4, -0.2) is 46.2 Å². The van der Waals surface area contributed by atoms with Crippen LogP contribution in [0.4, 0.5) is 4.39 Å². The number of hydrogen-bond donors (Lipinski definition) is 2. The molecule has 0 saturated carbocycles. The van der Waals surface area contributed by atoms with Crippen molar-refractivity contribution in [3.63, 3.8) is 0 Å². The van der Waals surface area contributed by atoms with Crippen LogP contribution in [0.3, 0.4) is 0 Å². The fraction of sp³-hybridized carbons (Fsp3) is 0.471. The van der Waals surface area contributed by atoms with Crippen LogP contribution in [0.5, 0.6) is 0 Å². The van der Waals surface area contributed by atoms with Gasteiger partial charge in [-0.15, -0.1) is 0 Å². The van der Waals surface area contributed by atoms with E-state index in [1.54, 1.807) is 30.0 Å². The Morgan fingerprint density at radius 2 is 2.20 bits per heavy atom. The molecular weight excluding hydrogens is 327 g/mol. The van der Waals surface area contributed by atoms with Gasteiger partial charge >= 0.3 is 5.69 Å². The first-order chi connectivity index (χ1) is 12.0. The van der Waals surface area contributed by atoms with Crippen molar-refractivity contribution in [1.29, 1.82) is 0 Å². The van der Waals surface area contributed by atoms with Crippen molar-refractivity contribution < 1.29 is 13.9 Å². The highest BCUT2D eigenvalue weighted by molar-refractivity contribution is 5.86. The standard InChI is InChI=1S/C17H21FN4O3/c1-17(25-2,12-7-3-4-8-13(12)18)15(23)22-9-5-6-11(10-22)14-19-16(24)21-20-14/h3-4,7-8,11H,5-6,9-10H2,1-2H3,(H2,19,20,21,24)/t11-,17-/m1/s1. The monoisotopic (exact) mass is 348 g/mol.